The van der Waals surface area contributed by atoms with E-state index in [-0.39, 0.29) is 29.9 Å². The second kappa shape index (κ2) is 16.4. The largest absolute Gasteiger partial charge is 0.497 e. The van der Waals surface area contributed by atoms with Crippen LogP contribution >= 0.6 is 0 Å². The van der Waals surface area contributed by atoms with Gasteiger partial charge >= 0.3 is 12.4 Å². The van der Waals surface area contributed by atoms with Crippen molar-refractivity contribution in [3.8, 4) is 45.4 Å². The molecule has 5 rings (SSSR count). The molecule has 5 aromatic rings. The lowest BCUT2D eigenvalue weighted by Crippen LogP contribution is -2.24. The SMILES string of the molecule is CCCCCCCNC(=O)c1ccc(Cn2c(-c3cc(C(F)(F)F)cc(C(F)(F)F)c3)nc(-c3ccc(OC)cc3)c2-c2ccc(OC)cc2)cc1. The molecule has 0 atom stereocenters. The number of unbranched alkanes of at least 4 members (excludes halogenated alkanes) is 4. The molecule has 274 valence electrons. The van der Waals surface area contributed by atoms with Crippen molar-refractivity contribution in [2.45, 2.75) is 57.9 Å². The molecule has 0 bridgehead atoms. The molecular formula is C40H39F6N3O3. The van der Waals surface area contributed by atoms with Gasteiger partial charge in [0.25, 0.3) is 5.91 Å². The van der Waals surface area contributed by atoms with Crippen molar-refractivity contribution in [2.75, 3.05) is 20.8 Å². The number of nitrogens with zero attached hydrogens (tertiary/aromatic N) is 2. The number of hydrogen-bond donors (Lipinski definition) is 1. The van der Waals surface area contributed by atoms with E-state index in [1.807, 2.05) is 0 Å². The van der Waals surface area contributed by atoms with Gasteiger partial charge in [-0.2, -0.15) is 26.3 Å². The fourth-order valence-electron chi connectivity index (χ4n) is 5.88. The number of hydrogen-bond acceptors (Lipinski definition) is 4. The van der Waals surface area contributed by atoms with Gasteiger partial charge in [0.15, 0.2) is 0 Å². The topological polar surface area (TPSA) is 65.4 Å². The van der Waals surface area contributed by atoms with Gasteiger partial charge in [0.1, 0.15) is 17.3 Å². The highest BCUT2D eigenvalue weighted by atomic mass is 19.4. The molecule has 0 radical (unpaired) electrons. The number of halogens is 6. The maximum atomic E-state index is 14.1. The summed E-state index contributed by atoms with van der Waals surface area (Å²) in [5, 5.41) is 2.92. The number of benzene rings is 4. The molecule has 52 heavy (non-hydrogen) atoms. The van der Waals surface area contributed by atoms with Crippen LogP contribution in [0, 0.1) is 0 Å². The molecule has 1 heterocycles. The van der Waals surface area contributed by atoms with E-state index in [9.17, 15) is 31.1 Å². The Labute approximate surface area is 298 Å². The summed E-state index contributed by atoms with van der Waals surface area (Å²) in [6, 6.07) is 21.8. The van der Waals surface area contributed by atoms with Gasteiger partial charge < -0.3 is 19.4 Å². The van der Waals surface area contributed by atoms with Crippen LogP contribution in [0.15, 0.2) is 91.0 Å². The minimum absolute atomic E-state index is 0.00320. The minimum Gasteiger partial charge on any atom is -0.497 e. The number of methoxy groups -OCH3 is 2. The van der Waals surface area contributed by atoms with Crippen molar-refractivity contribution in [2.24, 2.45) is 0 Å². The van der Waals surface area contributed by atoms with Crippen molar-refractivity contribution in [3.05, 3.63) is 113 Å². The number of rotatable bonds is 14. The van der Waals surface area contributed by atoms with Crippen LogP contribution in [0.4, 0.5) is 26.3 Å². The molecule has 4 aromatic carbocycles. The Morgan fingerprint density at radius 3 is 1.75 bits per heavy atom. The average Bonchev–Trinajstić information content (AvgIpc) is 3.51. The van der Waals surface area contributed by atoms with E-state index in [0.29, 0.717) is 63.8 Å². The number of carbonyl (C=O) groups excluding carboxylic acids is 1. The number of carbonyl (C=O) groups is 1. The van der Waals surface area contributed by atoms with Crippen LogP contribution in [0.2, 0.25) is 0 Å². The van der Waals surface area contributed by atoms with E-state index in [1.165, 1.54) is 14.2 Å². The summed E-state index contributed by atoms with van der Waals surface area (Å²) in [4.78, 5) is 17.6. The zero-order valence-corrected chi connectivity index (χ0v) is 29.0. The Kier molecular flexibility index (Phi) is 12.0. The van der Waals surface area contributed by atoms with Crippen molar-refractivity contribution in [3.63, 3.8) is 0 Å². The number of imidazole rings is 1. The Bertz CT molecular complexity index is 1920. The van der Waals surface area contributed by atoms with Crippen LogP contribution in [0.1, 0.15) is 66.1 Å². The maximum Gasteiger partial charge on any atom is 0.416 e. The molecule has 6 nitrogen and oxygen atoms in total. The summed E-state index contributed by atoms with van der Waals surface area (Å²) in [6.07, 6.45) is -4.86. The zero-order valence-electron chi connectivity index (χ0n) is 29.0. The first kappa shape index (κ1) is 38.0. The fraction of sp³-hybridized carbons (Fsp3) is 0.300. The van der Waals surface area contributed by atoms with E-state index in [1.54, 1.807) is 77.4 Å². The van der Waals surface area contributed by atoms with Crippen LogP contribution < -0.4 is 14.8 Å². The molecule has 0 aliphatic rings. The number of alkyl halides is 6. The molecule has 0 fully saturated rings. The van der Waals surface area contributed by atoms with Crippen LogP contribution in [0.25, 0.3) is 33.9 Å². The molecule has 12 heteroatoms. The van der Waals surface area contributed by atoms with E-state index < -0.39 is 23.5 Å². The molecule has 1 N–H and O–H groups in total. The molecule has 1 aromatic heterocycles. The van der Waals surface area contributed by atoms with Crippen molar-refractivity contribution in [1.82, 2.24) is 14.9 Å². The summed E-state index contributed by atoms with van der Waals surface area (Å²) in [5.41, 5.74) is -0.318. The average molecular weight is 724 g/mol. The third kappa shape index (κ3) is 9.15. The number of amides is 1. The summed E-state index contributed by atoms with van der Waals surface area (Å²) in [7, 11) is 3.00. The normalized spacial score (nSPS) is 11.8. The zero-order chi connectivity index (χ0) is 37.5. The fourth-order valence-corrected chi connectivity index (χ4v) is 5.88. The summed E-state index contributed by atoms with van der Waals surface area (Å²) in [5.74, 6) is 0.735. The molecule has 0 saturated carbocycles. The second-order valence-electron chi connectivity index (χ2n) is 12.3. The van der Waals surface area contributed by atoms with Gasteiger partial charge in [0, 0.05) is 35.3 Å². The Hall–Kier alpha value is -5.26. The first-order chi connectivity index (χ1) is 24.8. The molecule has 0 unspecified atom stereocenters. The van der Waals surface area contributed by atoms with Gasteiger partial charge in [-0.1, -0.05) is 44.7 Å². The number of ether oxygens (including phenoxy) is 2. The van der Waals surface area contributed by atoms with Crippen molar-refractivity contribution >= 4 is 5.91 Å². The lowest BCUT2D eigenvalue weighted by atomic mass is 10.0. The first-order valence-corrected chi connectivity index (χ1v) is 16.9. The van der Waals surface area contributed by atoms with Gasteiger partial charge in [-0.05, 0) is 90.8 Å². The molecule has 0 aliphatic heterocycles. The van der Waals surface area contributed by atoms with E-state index >= 15 is 0 Å². The highest BCUT2D eigenvalue weighted by Gasteiger charge is 2.38. The van der Waals surface area contributed by atoms with E-state index in [4.69, 9.17) is 14.5 Å². The smallest absolute Gasteiger partial charge is 0.416 e. The Morgan fingerprint density at radius 1 is 0.692 bits per heavy atom. The molecule has 0 aliphatic carbocycles. The Morgan fingerprint density at radius 2 is 1.23 bits per heavy atom. The highest BCUT2D eigenvalue weighted by Crippen LogP contribution is 2.42. The van der Waals surface area contributed by atoms with Gasteiger partial charge in [-0.15, -0.1) is 0 Å². The molecular weight excluding hydrogens is 684 g/mol. The van der Waals surface area contributed by atoms with Gasteiger partial charge in [0.05, 0.1) is 36.7 Å². The molecule has 0 spiro atoms. The monoisotopic (exact) mass is 723 g/mol. The number of nitrogens with one attached hydrogen (secondary N) is 1. The van der Waals surface area contributed by atoms with Crippen LogP contribution in [0.5, 0.6) is 11.5 Å². The summed E-state index contributed by atoms with van der Waals surface area (Å²) in [6.45, 7) is 2.67. The highest BCUT2D eigenvalue weighted by molar-refractivity contribution is 5.94. The maximum absolute atomic E-state index is 14.1. The molecule has 1 amide bonds. The first-order valence-electron chi connectivity index (χ1n) is 16.9. The summed E-state index contributed by atoms with van der Waals surface area (Å²) < 4.78 is 96.6. The lowest BCUT2D eigenvalue weighted by Gasteiger charge is -2.17. The predicted octanol–water partition coefficient (Wildman–Crippen LogP) is 10.7. The third-order valence-electron chi connectivity index (χ3n) is 8.66. The van der Waals surface area contributed by atoms with Crippen LogP contribution in [-0.2, 0) is 18.9 Å². The molecule has 0 saturated heterocycles. The van der Waals surface area contributed by atoms with Gasteiger partial charge in [-0.25, -0.2) is 4.98 Å². The predicted molar refractivity (Wildman–Crippen MR) is 188 cm³/mol. The lowest BCUT2D eigenvalue weighted by molar-refractivity contribution is -0.143. The second-order valence-corrected chi connectivity index (χ2v) is 12.3. The van der Waals surface area contributed by atoms with Gasteiger partial charge in [-0.3, -0.25) is 4.79 Å². The third-order valence-corrected chi connectivity index (χ3v) is 8.66. The van der Waals surface area contributed by atoms with Crippen molar-refractivity contribution in [1.29, 1.82) is 0 Å². The van der Waals surface area contributed by atoms with Gasteiger partial charge in [0.2, 0.25) is 0 Å². The van der Waals surface area contributed by atoms with Crippen molar-refractivity contribution < 1.29 is 40.6 Å². The quantitative estimate of drug-likeness (QED) is 0.0915. The summed E-state index contributed by atoms with van der Waals surface area (Å²) >= 11 is 0. The standard InChI is InChI=1S/C40H39F6N3O3/c1-4-5-6-7-8-21-47-38(50)29-11-9-26(10-12-29)25-49-36(28-15-19-34(52-3)20-16-28)35(27-13-17-33(51-2)18-14-27)48-37(49)30-22-31(39(41,42)43)24-32(23-30)40(44,45)46/h9-20,22-24H,4-8,21,25H2,1-3H3,(H,47,50). The number of aromatic nitrogens is 2. The van der Waals surface area contributed by atoms with E-state index in [2.05, 4.69) is 12.2 Å². The Balaban J connectivity index is 1.65. The van der Waals surface area contributed by atoms with E-state index in [0.717, 1.165) is 32.1 Å². The van der Waals surface area contributed by atoms with Crippen LogP contribution in [-0.4, -0.2) is 36.2 Å². The minimum atomic E-state index is -5.06. The van der Waals surface area contributed by atoms with Crippen LogP contribution in [0.3, 0.4) is 0 Å².